The minimum absolute atomic E-state index is 0.0307. The first-order chi connectivity index (χ1) is 15.9. The summed E-state index contributed by atoms with van der Waals surface area (Å²) >= 11 is 0. The number of carbonyl (C=O) groups excluding carboxylic acids is 1. The molecule has 2 fully saturated rings. The molecule has 5 nitrogen and oxygen atoms in total. The third-order valence-electron chi connectivity index (χ3n) is 7.26. The summed E-state index contributed by atoms with van der Waals surface area (Å²) in [5, 5.41) is 16.9. The molecule has 0 spiro atoms. The standard InChI is InChI=1S/C28H37N3O2/c1-17(2)12-20-14-23(15-20)28-26(21-8-9-21)27(31-33-28)22(6-5-11-29)16-25(32)30-24-10-7-18(3)13-19(24)4/h7,10,13,17,20-23H,5-6,8-9,12,14-16H2,1-4H3,(H,30,32)/t20-,22-,23+/m0/s1. The van der Waals surface area contributed by atoms with Gasteiger partial charge in [-0.15, -0.1) is 0 Å². The Morgan fingerprint density at radius 1 is 1.24 bits per heavy atom. The second-order valence-corrected chi connectivity index (χ2v) is 10.7. The van der Waals surface area contributed by atoms with E-state index in [0.29, 0.717) is 31.1 Å². The summed E-state index contributed by atoms with van der Waals surface area (Å²) in [4.78, 5) is 13.0. The second-order valence-electron chi connectivity index (χ2n) is 10.7. The number of amides is 1. The van der Waals surface area contributed by atoms with Crippen LogP contribution in [0.3, 0.4) is 0 Å². The zero-order valence-electron chi connectivity index (χ0n) is 20.5. The molecule has 4 rings (SSSR count). The molecule has 1 amide bonds. The molecule has 0 saturated heterocycles. The van der Waals surface area contributed by atoms with E-state index in [1.165, 1.54) is 43.2 Å². The molecule has 1 atom stereocenters. The van der Waals surface area contributed by atoms with Crippen molar-refractivity contribution in [2.24, 2.45) is 11.8 Å². The van der Waals surface area contributed by atoms with Gasteiger partial charge in [0.1, 0.15) is 5.76 Å². The fraction of sp³-hybridized carbons (Fsp3) is 0.607. The third-order valence-corrected chi connectivity index (χ3v) is 7.26. The number of nitriles is 1. The molecule has 176 valence electrons. The Balaban J connectivity index is 1.50. The molecule has 1 aromatic carbocycles. The normalized spacial score (nSPS) is 20.8. The number of nitrogens with zero attached hydrogens (tertiary/aromatic N) is 2. The van der Waals surface area contributed by atoms with Crippen molar-refractivity contribution in [3.63, 3.8) is 0 Å². The molecule has 1 aromatic heterocycles. The van der Waals surface area contributed by atoms with Crippen molar-refractivity contribution in [3.8, 4) is 6.07 Å². The molecule has 1 heterocycles. The van der Waals surface area contributed by atoms with Crippen LogP contribution in [-0.2, 0) is 4.79 Å². The van der Waals surface area contributed by atoms with Crippen molar-refractivity contribution in [3.05, 3.63) is 46.3 Å². The number of rotatable bonds is 10. The van der Waals surface area contributed by atoms with Crippen LogP contribution in [0.25, 0.3) is 0 Å². The van der Waals surface area contributed by atoms with Gasteiger partial charge in [0.05, 0.1) is 11.8 Å². The molecular formula is C28H37N3O2. The number of aromatic nitrogens is 1. The molecule has 2 aromatic rings. The Bertz CT molecular complexity index is 1020. The molecule has 0 unspecified atom stereocenters. The average Bonchev–Trinajstić information content (AvgIpc) is 3.48. The summed E-state index contributed by atoms with van der Waals surface area (Å²) < 4.78 is 5.98. The highest BCUT2D eigenvalue weighted by molar-refractivity contribution is 5.92. The van der Waals surface area contributed by atoms with Gasteiger partial charge in [0, 0.05) is 35.9 Å². The van der Waals surface area contributed by atoms with E-state index in [1.807, 2.05) is 26.0 Å². The van der Waals surface area contributed by atoms with E-state index < -0.39 is 0 Å². The minimum Gasteiger partial charge on any atom is -0.361 e. The zero-order valence-corrected chi connectivity index (χ0v) is 20.5. The van der Waals surface area contributed by atoms with E-state index in [0.717, 1.165) is 34.5 Å². The Morgan fingerprint density at radius 3 is 2.64 bits per heavy atom. The molecule has 0 radical (unpaired) electrons. The van der Waals surface area contributed by atoms with E-state index in [-0.39, 0.29) is 11.8 Å². The fourth-order valence-electron chi connectivity index (χ4n) is 5.46. The van der Waals surface area contributed by atoms with E-state index in [9.17, 15) is 10.1 Å². The van der Waals surface area contributed by atoms with Crippen molar-refractivity contribution in [2.75, 3.05) is 5.32 Å². The summed E-state index contributed by atoms with van der Waals surface area (Å²) in [6.45, 7) is 8.64. The SMILES string of the molecule is Cc1ccc(NC(=O)C[C@H](CCC#N)c2noc([C@H]3C[C@@H](CC(C)C)C3)c2C2CC2)c(C)c1. The summed E-state index contributed by atoms with van der Waals surface area (Å²) in [6, 6.07) is 8.30. The first-order valence-corrected chi connectivity index (χ1v) is 12.6. The van der Waals surface area contributed by atoms with Crippen molar-refractivity contribution >= 4 is 11.6 Å². The highest BCUT2D eigenvalue weighted by atomic mass is 16.5. The molecule has 1 N–H and O–H groups in total. The summed E-state index contributed by atoms with van der Waals surface area (Å²) in [6.07, 6.45) is 7.34. The molecule has 2 saturated carbocycles. The van der Waals surface area contributed by atoms with Crippen molar-refractivity contribution in [1.29, 1.82) is 5.26 Å². The Hall–Kier alpha value is -2.61. The van der Waals surface area contributed by atoms with Crippen LogP contribution in [0.15, 0.2) is 22.7 Å². The molecule has 0 aliphatic heterocycles. The average molecular weight is 448 g/mol. The first-order valence-electron chi connectivity index (χ1n) is 12.6. The Morgan fingerprint density at radius 2 is 2.00 bits per heavy atom. The van der Waals surface area contributed by atoms with Crippen LogP contribution in [-0.4, -0.2) is 11.1 Å². The number of hydrogen-bond acceptors (Lipinski definition) is 4. The molecule has 5 heteroatoms. The van der Waals surface area contributed by atoms with Gasteiger partial charge in [-0.25, -0.2) is 0 Å². The van der Waals surface area contributed by atoms with E-state index in [2.05, 4.69) is 36.5 Å². The van der Waals surface area contributed by atoms with Crippen LogP contribution >= 0.6 is 0 Å². The second kappa shape index (κ2) is 10.1. The molecule has 2 aliphatic carbocycles. The maximum Gasteiger partial charge on any atom is 0.225 e. The summed E-state index contributed by atoms with van der Waals surface area (Å²) in [7, 11) is 0. The lowest BCUT2D eigenvalue weighted by Gasteiger charge is -2.35. The molecule has 2 aliphatic rings. The van der Waals surface area contributed by atoms with Gasteiger partial charge in [0.2, 0.25) is 5.91 Å². The van der Waals surface area contributed by atoms with Crippen LogP contribution in [0.2, 0.25) is 0 Å². The highest BCUT2D eigenvalue weighted by Gasteiger charge is 2.41. The number of anilines is 1. The lowest BCUT2D eigenvalue weighted by Crippen LogP contribution is -2.24. The Labute approximate surface area is 197 Å². The van der Waals surface area contributed by atoms with Crippen LogP contribution < -0.4 is 5.32 Å². The summed E-state index contributed by atoms with van der Waals surface area (Å²) in [5.41, 5.74) is 5.28. The Kier molecular flexibility index (Phi) is 7.22. The first kappa shape index (κ1) is 23.5. The van der Waals surface area contributed by atoms with Crippen LogP contribution in [0.1, 0.15) is 111 Å². The van der Waals surface area contributed by atoms with Crippen LogP contribution in [0.5, 0.6) is 0 Å². The number of hydrogen-bond donors (Lipinski definition) is 1. The van der Waals surface area contributed by atoms with Crippen molar-refractivity contribution in [1.82, 2.24) is 5.16 Å². The van der Waals surface area contributed by atoms with E-state index in [1.54, 1.807) is 0 Å². The highest BCUT2D eigenvalue weighted by Crippen LogP contribution is 2.52. The number of nitrogens with one attached hydrogen (secondary N) is 1. The van der Waals surface area contributed by atoms with Gasteiger partial charge in [-0.1, -0.05) is 36.7 Å². The zero-order chi connectivity index (χ0) is 23.5. The maximum absolute atomic E-state index is 13.0. The van der Waals surface area contributed by atoms with E-state index in [4.69, 9.17) is 4.52 Å². The number of carbonyl (C=O) groups is 1. The van der Waals surface area contributed by atoms with Gasteiger partial charge in [-0.3, -0.25) is 4.79 Å². The third kappa shape index (κ3) is 5.66. The van der Waals surface area contributed by atoms with E-state index >= 15 is 0 Å². The topological polar surface area (TPSA) is 78.9 Å². The monoisotopic (exact) mass is 447 g/mol. The fourth-order valence-corrected chi connectivity index (χ4v) is 5.46. The lowest BCUT2D eigenvalue weighted by molar-refractivity contribution is -0.116. The van der Waals surface area contributed by atoms with Gasteiger partial charge >= 0.3 is 0 Å². The number of benzene rings is 1. The maximum atomic E-state index is 13.0. The van der Waals surface area contributed by atoms with Gasteiger partial charge in [-0.2, -0.15) is 5.26 Å². The largest absolute Gasteiger partial charge is 0.361 e. The predicted molar refractivity (Wildman–Crippen MR) is 130 cm³/mol. The van der Waals surface area contributed by atoms with Gasteiger partial charge in [0.25, 0.3) is 0 Å². The van der Waals surface area contributed by atoms with Gasteiger partial charge in [-0.05, 0) is 81.8 Å². The lowest BCUT2D eigenvalue weighted by atomic mass is 9.69. The van der Waals surface area contributed by atoms with Crippen molar-refractivity contribution in [2.45, 2.75) is 96.8 Å². The van der Waals surface area contributed by atoms with Gasteiger partial charge in [0.15, 0.2) is 0 Å². The smallest absolute Gasteiger partial charge is 0.225 e. The summed E-state index contributed by atoms with van der Waals surface area (Å²) in [5.74, 6) is 3.45. The molecule has 0 bridgehead atoms. The number of aryl methyl sites for hydroxylation is 2. The predicted octanol–water partition coefficient (Wildman–Crippen LogP) is 7.12. The van der Waals surface area contributed by atoms with Gasteiger partial charge < -0.3 is 9.84 Å². The molecular weight excluding hydrogens is 410 g/mol. The molecule has 33 heavy (non-hydrogen) atoms. The van der Waals surface area contributed by atoms with Crippen LogP contribution in [0, 0.1) is 37.0 Å². The minimum atomic E-state index is -0.0879. The quantitative estimate of drug-likeness (QED) is 0.420. The van der Waals surface area contributed by atoms with Crippen molar-refractivity contribution < 1.29 is 9.32 Å². The van der Waals surface area contributed by atoms with Crippen LogP contribution in [0.4, 0.5) is 5.69 Å².